The lowest BCUT2D eigenvalue weighted by Crippen LogP contribution is -2.44. The molecular formula is C11H21NOS. The highest BCUT2D eigenvalue weighted by Gasteiger charge is 2.29. The Bertz CT molecular complexity index is 147. The lowest BCUT2D eigenvalue weighted by molar-refractivity contribution is 0.0442. The van der Waals surface area contributed by atoms with Crippen LogP contribution in [0.3, 0.4) is 0 Å². The summed E-state index contributed by atoms with van der Waals surface area (Å²) in [5, 5.41) is 0.704. The number of hydrogen-bond donors (Lipinski definition) is 1. The Kier molecular flexibility index (Phi) is 4.14. The molecule has 82 valence electrons. The van der Waals surface area contributed by atoms with Gasteiger partial charge in [-0.05, 0) is 37.4 Å². The topological polar surface area (TPSA) is 35.2 Å². The van der Waals surface area contributed by atoms with Crippen LogP contribution in [0.1, 0.15) is 32.1 Å². The van der Waals surface area contributed by atoms with E-state index < -0.39 is 0 Å². The summed E-state index contributed by atoms with van der Waals surface area (Å²) in [5.74, 6) is 1.94. The van der Waals surface area contributed by atoms with E-state index >= 15 is 0 Å². The van der Waals surface area contributed by atoms with E-state index in [2.05, 4.69) is 11.8 Å². The zero-order valence-corrected chi connectivity index (χ0v) is 9.60. The highest BCUT2D eigenvalue weighted by atomic mass is 32.2. The van der Waals surface area contributed by atoms with Gasteiger partial charge in [0, 0.05) is 17.9 Å². The summed E-state index contributed by atoms with van der Waals surface area (Å²) in [6.45, 7) is 1.85. The van der Waals surface area contributed by atoms with Crippen molar-refractivity contribution in [1.82, 2.24) is 0 Å². The maximum atomic E-state index is 6.32. The number of hydrogen-bond acceptors (Lipinski definition) is 3. The van der Waals surface area contributed by atoms with Crippen molar-refractivity contribution in [2.24, 2.45) is 11.7 Å². The van der Waals surface area contributed by atoms with Crippen LogP contribution < -0.4 is 5.73 Å². The normalized spacial score (nSPS) is 36.6. The van der Waals surface area contributed by atoms with Crippen molar-refractivity contribution < 1.29 is 4.74 Å². The summed E-state index contributed by atoms with van der Waals surface area (Å²) < 4.78 is 5.50. The van der Waals surface area contributed by atoms with E-state index in [1.807, 2.05) is 0 Å². The van der Waals surface area contributed by atoms with Gasteiger partial charge in [-0.3, -0.25) is 0 Å². The molecule has 14 heavy (non-hydrogen) atoms. The zero-order chi connectivity index (χ0) is 9.80. The molecule has 3 atom stereocenters. The van der Waals surface area contributed by atoms with Crippen LogP contribution in [-0.2, 0) is 4.74 Å². The molecule has 2 fully saturated rings. The fourth-order valence-electron chi connectivity index (χ4n) is 2.44. The van der Waals surface area contributed by atoms with Gasteiger partial charge >= 0.3 is 0 Å². The predicted octanol–water partition coefficient (Wildman–Crippen LogP) is 2.03. The van der Waals surface area contributed by atoms with Crippen LogP contribution in [0.25, 0.3) is 0 Å². The molecule has 2 N–H and O–H groups in total. The molecule has 2 nitrogen and oxygen atoms in total. The van der Waals surface area contributed by atoms with Gasteiger partial charge in [0.05, 0.1) is 6.61 Å². The molecule has 0 bridgehead atoms. The molecule has 0 radical (unpaired) electrons. The van der Waals surface area contributed by atoms with Crippen LogP contribution in [0.2, 0.25) is 0 Å². The van der Waals surface area contributed by atoms with Crippen molar-refractivity contribution in [3.05, 3.63) is 0 Å². The van der Waals surface area contributed by atoms with Crippen molar-refractivity contribution in [3.8, 4) is 0 Å². The average molecular weight is 215 g/mol. The quantitative estimate of drug-likeness (QED) is 0.765. The van der Waals surface area contributed by atoms with Crippen molar-refractivity contribution in [3.63, 3.8) is 0 Å². The number of rotatable bonds is 2. The Labute approximate surface area is 91.0 Å². The Morgan fingerprint density at radius 3 is 2.79 bits per heavy atom. The molecule has 0 aromatic rings. The smallest absolute Gasteiger partial charge is 0.0509 e. The minimum atomic E-state index is 0.376. The van der Waals surface area contributed by atoms with Gasteiger partial charge in [-0.1, -0.05) is 6.42 Å². The van der Waals surface area contributed by atoms with Crippen LogP contribution >= 0.6 is 11.8 Å². The van der Waals surface area contributed by atoms with E-state index in [0.29, 0.717) is 17.2 Å². The van der Waals surface area contributed by atoms with Gasteiger partial charge < -0.3 is 10.5 Å². The molecule has 0 aliphatic carbocycles. The van der Waals surface area contributed by atoms with E-state index in [4.69, 9.17) is 10.5 Å². The first kappa shape index (κ1) is 10.8. The van der Waals surface area contributed by atoms with E-state index in [-0.39, 0.29) is 0 Å². The van der Waals surface area contributed by atoms with Crippen LogP contribution in [0.5, 0.6) is 0 Å². The third-order valence-electron chi connectivity index (χ3n) is 3.38. The lowest BCUT2D eigenvalue weighted by atomic mass is 9.90. The first-order chi connectivity index (χ1) is 6.88. The maximum absolute atomic E-state index is 6.32. The summed E-state index contributed by atoms with van der Waals surface area (Å²) in [4.78, 5) is 0. The van der Waals surface area contributed by atoms with E-state index in [1.54, 1.807) is 0 Å². The molecule has 0 saturated carbocycles. The molecule has 0 aromatic heterocycles. The summed E-state index contributed by atoms with van der Waals surface area (Å²) in [5.41, 5.74) is 6.32. The Morgan fingerprint density at radius 2 is 2.14 bits per heavy atom. The minimum absolute atomic E-state index is 0.376. The highest BCUT2D eigenvalue weighted by Crippen LogP contribution is 2.31. The fourth-order valence-corrected chi connectivity index (χ4v) is 3.89. The van der Waals surface area contributed by atoms with E-state index in [1.165, 1.54) is 37.9 Å². The van der Waals surface area contributed by atoms with Gasteiger partial charge in [0.25, 0.3) is 0 Å². The SMILES string of the molecule is NC(C1CCCOC1)C1CCCCS1. The second-order valence-corrected chi connectivity index (χ2v) is 5.81. The summed E-state index contributed by atoms with van der Waals surface area (Å²) in [6, 6.07) is 0.376. The summed E-state index contributed by atoms with van der Waals surface area (Å²) in [7, 11) is 0. The molecule has 2 aliphatic heterocycles. The minimum Gasteiger partial charge on any atom is -0.381 e. The van der Waals surface area contributed by atoms with E-state index in [0.717, 1.165) is 13.2 Å². The summed E-state index contributed by atoms with van der Waals surface area (Å²) in [6.07, 6.45) is 6.56. The van der Waals surface area contributed by atoms with Crippen molar-refractivity contribution in [1.29, 1.82) is 0 Å². The van der Waals surface area contributed by atoms with Gasteiger partial charge in [-0.25, -0.2) is 0 Å². The molecule has 0 aromatic carbocycles. The monoisotopic (exact) mass is 215 g/mol. The number of ether oxygens (including phenoxy) is 1. The Morgan fingerprint density at radius 1 is 1.21 bits per heavy atom. The molecule has 0 amide bonds. The highest BCUT2D eigenvalue weighted by molar-refractivity contribution is 8.00. The largest absolute Gasteiger partial charge is 0.381 e. The van der Waals surface area contributed by atoms with Crippen LogP contribution in [-0.4, -0.2) is 30.3 Å². The standard InChI is InChI=1S/C11H21NOS/c12-11(9-4-3-6-13-8-9)10-5-1-2-7-14-10/h9-11H,1-8,12H2. The third-order valence-corrected chi connectivity index (χ3v) is 4.89. The maximum Gasteiger partial charge on any atom is 0.0509 e. The molecule has 3 heteroatoms. The van der Waals surface area contributed by atoms with Crippen LogP contribution in [0.4, 0.5) is 0 Å². The summed E-state index contributed by atoms with van der Waals surface area (Å²) >= 11 is 2.08. The Balaban J connectivity index is 1.82. The van der Waals surface area contributed by atoms with E-state index in [9.17, 15) is 0 Å². The molecular weight excluding hydrogens is 194 g/mol. The first-order valence-electron chi connectivity index (χ1n) is 5.83. The van der Waals surface area contributed by atoms with Gasteiger partial charge in [0.1, 0.15) is 0 Å². The molecule has 0 spiro atoms. The van der Waals surface area contributed by atoms with Crippen LogP contribution in [0, 0.1) is 5.92 Å². The first-order valence-corrected chi connectivity index (χ1v) is 6.88. The lowest BCUT2D eigenvalue weighted by Gasteiger charge is -2.34. The molecule has 2 aliphatic rings. The molecule has 2 saturated heterocycles. The number of nitrogens with two attached hydrogens (primary N) is 1. The van der Waals surface area contributed by atoms with Crippen LogP contribution in [0.15, 0.2) is 0 Å². The second-order valence-electron chi connectivity index (χ2n) is 4.46. The number of thioether (sulfide) groups is 1. The van der Waals surface area contributed by atoms with Gasteiger partial charge in [0.2, 0.25) is 0 Å². The zero-order valence-electron chi connectivity index (χ0n) is 8.78. The Hall–Kier alpha value is 0.270. The molecule has 2 heterocycles. The van der Waals surface area contributed by atoms with Gasteiger partial charge in [0.15, 0.2) is 0 Å². The predicted molar refractivity (Wildman–Crippen MR) is 61.6 cm³/mol. The van der Waals surface area contributed by atoms with Gasteiger partial charge in [-0.15, -0.1) is 0 Å². The second kappa shape index (κ2) is 5.38. The molecule has 2 rings (SSSR count). The fraction of sp³-hybridized carbons (Fsp3) is 1.00. The molecule has 3 unspecified atom stereocenters. The van der Waals surface area contributed by atoms with Gasteiger partial charge in [-0.2, -0.15) is 11.8 Å². The van der Waals surface area contributed by atoms with Crippen molar-refractivity contribution in [2.75, 3.05) is 19.0 Å². The third kappa shape index (κ3) is 2.65. The van der Waals surface area contributed by atoms with Crippen molar-refractivity contribution >= 4 is 11.8 Å². The van der Waals surface area contributed by atoms with Crippen molar-refractivity contribution in [2.45, 2.75) is 43.4 Å². The average Bonchev–Trinajstić information content (AvgIpc) is 2.30.